The molecule has 0 spiro atoms. The van der Waals surface area contributed by atoms with Crippen molar-refractivity contribution in [3.63, 3.8) is 0 Å². The Hall–Kier alpha value is -4.09. The molecule has 8 heteroatoms. The SMILES string of the molecule is CCOC(=O)Cc1ccccc1C(=O)Nc1ccc2c(c1)nc(SCc1ccc(C#N)cc1)n2C. The number of nitrogens with zero attached hydrogens (tertiary/aromatic N) is 3. The van der Waals surface area contributed by atoms with Crippen LogP contribution >= 0.6 is 11.8 Å². The van der Waals surface area contributed by atoms with Crippen LogP contribution in [0.4, 0.5) is 5.69 Å². The highest BCUT2D eigenvalue weighted by atomic mass is 32.2. The smallest absolute Gasteiger partial charge is 0.310 e. The van der Waals surface area contributed by atoms with Crippen molar-refractivity contribution >= 4 is 40.4 Å². The molecule has 3 aromatic carbocycles. The van der Waals surface area contributed by atoms with E-state index in [2.05, 4.69) is 11.4 Å². The fourth-order valence-corrected chi connectivity index (χ4v) is 4.61. The van der Waals surface area contributed by atoms with Crippen LogP contribution in [0.25, 0.3) is 11.0 Å². The number of carbonyl (C=O) groups excluding carboxylic acids is 2. The number of imidazole rings is 1. The van der Waals surface area contributed by atoms with E-state index in [-0.39, 0.29) is 18.3 Å². The van der Waals surface area contributed by atoms with Gasteiger partial charge in [-0.3, -0.25) is 9.59 Å². The Morgan fingerprint density at radius 2 is 1.89 bits per heavy atom. The molecule has 1 N–H and O–H groups in total. The molecule has 4 rings (SSSR count). The molecule has 4 aromatic rings. The molecule has 1 heterocycles. The van der Waals surface area contributed by atoms with Gasteiger partial charge >= 0.3 is 5.97 Å². The molecule has 35 heavy (non-hydrogen) atoms. The van der Waals surface area contributed by atoms with Gasteiger partial charge in [-0.2, -0.15) is 5.26 Å². The van der Waals surface area contributed by atoms with Gasteiger partial charge in [0.2, 0.25) is 0 Å². The topological polar surface area (TPSA) is 97.0 Å². The third-order valence-corrected chi connectivity index (χ3v) is 6.55. The molecule has 176 valence electrons. The predicted octanol–water partition coefficient (Wildman–Crippen LogP) is 5.10. The van der Waals surface area contributed by atoms with E-state index in [0.717, 1.165) is 27.5 Å². The average Bonchev–Trinajstić information content (AvgIpc) is 3.18. The summed E-state index contributed by atoms with van der Waals surface area (Å²) in [7, 11) is 1.96. The summed E-state index contributed by atoms with van der Waals surface area (Å²) in [6, 6.07) is 22.3. The molecule has 0 fully saturated rings. The Bertz CT molecular complexity index is 1420. The molecule has 0 aliphatic carbocycles. The van der Waals surface area contributed by atoms with Gasteiger partial charge < -0.3 is 14.6 Å². The number of anilines is 1. The van der Waals surface area contributed by atoms with Crippen molar-refractivity contribution in [1.29, 1.82) is 5.26 Å². The van der Waals surface area contributed by atoms with E-state index in [9.17, 15) is 9.59 Å². The van der Waals surface area contributed by atoms with E-state index >= 15 is 0 Å². The fraction of sp³-hybridized carbons (Fsp3) is 0.185. The van der Waals surface area contributed by atoms with Crippen LogP contribution in [0.2, 0.25) is 0 Å². The molecule has 0 saturated carbocycles. The maximum Gasteiger partial charge on any atom is 0.310 e. The summed E-state index contributed by atoms with van der Waals surface area (Å²) in [5.74, 6) is 0.0632. The van der Waals surface area contributed by atoms with Crippen molar-refractivity contribution in [2.24, 2.45) is 7.05 Å². The minimum absolute atomic E-state index is 0.0382. The number of thioether (sulfide) groups is 1. The second-order valence-corrected chi connectivity index (χ2v) is 8.79. The normalized spacial score (nSPS) is 10.7. The van der Waals surface area contributed by atoms with Gasteiger partial charge in [-0.25, -0.2) is 4.98 Å². The lowest BCUT2D eigenvalue weighted by Gasteiger charge is -2.10. The van der Waals surface area contributed by atoms with Crippen LogP contribution in [-0.4, -0.2) is 28.0 Å². The van der Waals surface area contributed by atoms with Gasteiger partial charge in [0, 0.05) is 24.1 Å². The number of aromatic nitrogens is 2. The number of ether oxygens (including phenoxy) is 1. The van der Waals surface area contributed by atoms with Gasteiger partial charge in [-0.05, 0) is 54.4 Å². The van der Waals surface area contributed by atoms with E-state index in [1.807, 2.05) is 54.1 Å². The molecule has 0 saturated heterocycles. The van der Waals surface area contributed by atoms with Gasteiger partial charge in [0.25, 0.3) is 5.91 Å². The zero-order chi connectivity index (χ0) is 24.8. The largest absolute Gasteiger partial charge is 0.466 e. The molecule has 1 amide bonds. The molecule has 0 aliphatic heterocycles. The van der Waals surface area contributed by atoms with Crippen LogP contribution in [0, 0.1) is 11.3 Å². The first-order valence-corrected chi connectivity index (χ1v) is 12.1. The monoisotopic (exact) mass is 484 g/mol. The Morgan fingerprint density at radius 1 is 1.11 bits per heavy atom. The molecule has 0 bridgehead atoms. The number of hydrogen-bond donors (Lipinski definition) is 1. The van der Waals surface area contributed by atoms with Gasteiger partial charge in [0.15, 0.2) is 5.16 Å². The zero-order valence-corrected chi connectivity index (χ0v) is 20.3. The number of nitrogens with one attached hydrogen (secondary N) is 1. The number of rotatable bonds is 8. The predicted molar refractivity (Wildman–Crippen MR) is 136 cm³/mol. The van der Waals surface area contributed by atoms with Gasteiger partial charge in [-0.1, -0.05) is 42.1 Å². The van der Waals surface area contributed by atoms with Crippen LogP contribution in [0.15, 0.2) is 71.9 Å². The Balaban J connectivity index is 1.49. The third-order valence-electron chi connectivity index (χ3n) is 5.45. The van der Waals surface area contributed by atoms with Crippen LogP contribution < -0.4 is 5.32 Å². The number of nitriles is 1. The highest BCUT2D eigenvalue weighted by molar-refractivity contribution is 7.98. The molecule has 0 atom stereocenters. The van der Waals surface area contributed by atoms with Crippen molar-refractivity contribution in [2.45, 2.75) is 24.3 Å². The quantitative estimate of drug-likeness (QED) is 0.276. The number of hydrogen-bond acceptors (Lipinski definition) is 6. The van der Waals surface area contributed by atoms with Crippen LogP contribution in [0.1, 0.15) is 34.0 Å². The average molecular weight is 485 g/mol. The van der Waals surface area contributed by atoms with Crippen molar-refractivity contribution in [2.75, 3.05) is 11.9 Å². The second kappa shape index (κ2) is 10.9. The number of carbonyl (C=O) groups is 2. The number of esters is 1. The fourth-order valence-electron chi connectivity index (χ4n) is 3.67. The Kier molecular flexibility index (Phi) is 7.48. The standard InChI is InChI=1S/C27H24N4O3S/c1-3-34-25(32)14-20-6-4-5-7-22(20)26(33)29-21-12-13-24-23(15-21)30-27(31(24)2)35-17-19-10-8-18(16-28)9-11-19/h4-13,15H,3,14,17H2,1-2H3,(H,29,33). The van der Waals surface area contributed by atoms with E-state index in [4.69, 9.17) is 15.0 Å². The summed E-state index contributed by atoms with van der Waals surface area (Å²) in [5, 5.41) is 12.7. The van der Waals surface area contributed by atoms with E-state index in [1.54, 1.807) is 43.0 Å². The summed E-state index contributed by atoms with van der Waals surface area (Å²) < 4.78 is 7.04. The second-order valence-electron chi connectivity index (χ2n) is 7.85. The van der Waals surface area contributed by atoms with Crippen LogP contribution in [0.5, 0.6) is 0 Å². The molecule has 7 nitrogen and oxygen atoms in total. The Morgan fingerprint density at radius 3 is 2.63 bits per heavy atom. The third kappa shape index (κ3) is 5.70. The molecule has 1 aromatic heterocycles. The zero-order valence-electron chi connectivity index (χ0n) is 19.4. The lowest BCUT2D eigenvalue weighted by molar-refractivity contribution is -0.142. The molecule has 0 unspecified atom stereocenters. The maximum atomic E-state index is 13.0. The minimum atomic E-state index is -0.367. The molecular formula is C27H24N4O3S. The first kappa shape index (κ1) is 24.0. The summed E-state index contributed by atoms with van der Waals surface area (Å²) in [6.45, 7) is 2.05. The highest BCUT2D eigenvalue weighted by Gasteiger charge is 2.16. The Labute approximate surface area is 207 Å². The number of aryl methyl sites for hydroxylation is 1. The number of fused-ring (bicyclic) bond motifs is 1. The summed E-state index contributed by atoms with van der Waals surface area (Å²) in [5.41, 5.74) is 5.13. The lowest BCUT2D eigenvalue weighted by atomic mass is 10.0. The van der Waals surface area contributed by atoms with Gasteiger partial charge in [0.05, 0.1) is 35.7 Å². The van der Waals surface area contributed by atoms with Crippen molar-refractivity contribution in [1.82, 2.24) is 9.55 Å². The summed E-state index contributed by atoms with van der Waals surface area (Å²) in [6.07, 6.45) is 0.0382. The van der Waals surface area contributed by atoms with Crippen LogP contribution in [-0.2, 0) is 28.8 Å². The van der Waals surface area contributed by atoms with E-state index in [0.29, 0.717) is 29.0 Å². The van der Waals surface area contributed by atoms with E-state index in [1.165, 1.54) is 0 Å². The summed E-state index contributed by atoms with van der Waals surface area (Å²) >= 11 is 1.61. The first-order valence-electron chi connectivity index (χ1n) is 11.1. The highest BCUT2D eigenvalue weighted by Crippen LogP contribution is 2.28. The first-order chi connectivity index (χ1) is 17.0. The van der Waals surface area contributed by atoms with Gasteiger partial charge in [0.1, 0.15) is 0 Å². The van der Waals surface area contributed by atoms with Gasteiger partial charge in [-0.15, -0.1) is 0 Å². The maximum absolute atomic E-state index is 13.0. The number of amides is 1. The molecular weight excluding hydrogens is 460 g/mol. The van der Waals surface area contributed by atoms with Crippen molar-refractivity contribution in [3.8, 4) is 6.07 Å². The lowest BCUT2D eigenvalue weighted by Crippen LogP contribution is -2.16. The molecule has 0 aliphatic rings. The van der Waals surface area contributed by atoms with E-state index < -0.39 is 0 Å². The summed E-state index contributed by atoms with van der Waals surface area (Å²) in [4.78, 5) is 29.6. The molecule has 0 radical (unpaired) electrons. The number of benzene rings is 3. The minimum Gasteiger partial charge on any atom is -0.466 e. The van der Waals surface area contributed by atoms with Crippen molar-refractivity contribution in [3.05, 3.63) is 89.0 Å². The van der Waals surface area contributed by atoms with Crippen LogP contribution in [0.3, 0.4) is 0 Å². The van der Waals surface area contributed by atoms with Crippen molar-refractivity contribution < 1.29 is 14.3 Å².